The Labute approximate surface area is 109 Å². The van der Waals surface area contributed by atoms with Crippen LogP contribution in [0.2, 0.25) is 0 Å². The van der Waals surface area contributed by atoms with Gasteiger partial charge in [-0.15, -0.1) is 5.10 Å². The van der Waals surface area contributed by atoms with Crippen LogP contribution in [0.5, 0.6) is 5.88 Å². The van der Waals surface area contributed by atoms with Crippen LogP contribution >= 0.6 is 0 Å². The first-order chi connectivity index (χ1) is 9.11. The topological polar surface area (TPSA) is 107 Å². The molecule has 112 valence electrons. The van der Waals surface area contributed by atoms with Gasteiger partial charge in [-0.05, 0) is 6.92 Å². The van der Waals surface area contributed by atoms with Crippen molar-refractivity contribution in [2.24, 2.45) is 0 Å². The third kappa shape index (κ3) is 4.10. The number of hydrogen-bond donors (Lipinski definition) is 1. The zero-order valence-corrected chi connectivity index (χ0v) is 10.1. The first-order valence-electron chi connectivity index (χ1n) is 5.27. The Balaban J connectivity index is 2.88. The first kappa shape index (κ1) is 15.7. The highest BCUT2D eigenvalue weighted by Gasteiger charge is 2.29. The molecule has 0 bridgehead atoms. The van der Waals surface area contributed by atoms with Crippen molar-refractivity contribution < 1.29 is 32.7 Å². The zero-order valence-electron chi connectivity index (χ0n) is 10.1. The smallest absolute Gasteiger partial charge is 0.392 e. The van der Waals surface area contributed by atoms with Gasteiger partial charge in [-0.25, -0.2) is 9.48 Å². The maximum Gasteiger partial charge on any atom is 0.392 e. The molecule has 1 aromatic heterocycles. The molecule has 0 aliphatic carbocycles. The van der Waals surface area contributed by atoms with Gasteiger partial charge in [0.2, 0.25) is 0 Å². The van der Waals surface area contributed by atoms with Crippen molar-refractivity contribution in [2.45, 2.75) is 25.6 Å². The number of carboxylic acids is 1. The predicted octanol–water partition coefficient (Wildman–Crippen LogP) is 1.77. The Morgan fingerprint density at radius 3 is 2.70 bits per heavy atom. The number of halogens is 3. The van der Waals surface area contributed by atoms with Crippen molar-refractivity contribution in [1.29, 1.82) is 0 Å². The Bertz CT molecular complexity index is 513. The molecule has 0 saturated heterocycles. The molecule has 0 fully saturated rings. The summed E-state index contributed by atoms with van der Waals surface area (Å²) in [6, 6.07) is -1.21. The van der Waals surface area contributed by atoms with E-state index in [1.165, 1.54) is 6.92 Å². The molecule has 0 amide bonds. The molecule has 8 nitrogen and oxygen atoms in total. The van der Waals surface area contributed by atoms with Gasteiger partial charge < -0.3 is 9.84 Å². The summed E-state index contributed by atoms with van der Waals surface area (Å²) in [6.45, 7) is 0.362. The van der Waals surface area contributed by atoms with E-state index in [1.807, 2.05) is 0 Å². The van der Waals surface area contributed by atoms with Crippen LogP contribution in [0.4, 0.5) is 18.9 Å². The van der Waals surface area contributed by atoms with Crippen molar-refractivity contribution in [3.8, 4) is 5.88 Å². The summed E-state index contributed by atoms with van der Waals surface area (Å²) in [4.78, 5) is 20.5. The molecule has 0 aliphatic rings. The lowest BCUT2D eigenvalue weighted by Gasteiger charge is -2.06. The lowest BCUT2D eigenvalue weighted by Crippen LogP contribution is -2.16. The van der Waals surface area contributed by atoms with E-state index in [-0.39, 0.29) is 0 Å². The van der Waals surface area contributed by atoms with Gasteiger partial charge in [0.1, 0.15) is 12.2 Å². The number of nitro groups is 1. The summed E-state index contributed by atoms with van der Waals surface area (Å²) < 4.78 is 41.2. The number of ether oxygens (including phenoxy) is 1. The molecule has 0 saturated carbocycles. The van der Waals surface area contributed by atoms with Gasteiger partial charge in [0.25, 0.3) is 0 Å². The van der Waals surface area contributed by atoms with E-state index in [2.05, 4.69) is 9.84 Å². The van der Waals surface area contributed by atoms with Crippen LogP contribution in [-0.4, -0.2) is 38.6 Å². The Hall–Kier alpha value is -2.33. The summed E-state index contributed by atoms with van der Waals surface area (Å²) in [7, 11) is 0. The van der Waals surface area contributed by atoms with Gasteiger partial charge >= 0.3 is 23.7 Å². The van der Waals surface area contributed by atoms with Crippen molar-refractivity contribution >= 4 is 11.7 Å². The van der Waals surface area contributed by atoms with Gasteiger partial charge in [-0.2, -0.15) is 13.2 Å². The molecule has 0 radical (unpaired) electrons. The van der Waals surface area contributed by atoms with E-state index < -0.39 is 47.7 Å². The SMILES string of the molecule is C[C@@H](C(=O)O)n1cc([N+](=O)[O-])c(OCCC(F)(F)F)n1. The van der Waals surface area contributed by atoms with E-state index in [1.54, 1.807) is 0 Å². The molecule has 0 unspecified atom stereocenters. The minimum absolute atomic E-state index is 0.646. The van der Waals surface area contributed by atoms with E-state index in [0.29, 0.717) is 0 Å². The van der Waals surface area contributed by atoms with Gasteiger partial charge in [0, 0.05) is 0 Å². The highest BCUT2D eigenvalue weighted by molar-refractivity contribution is 5.71. The first-order valence-corrected chi connectivity index (χ1v) is 5.27. The fourth-order valence-corrected chi connectivity index (χ4v) is 1.17. The zero-order chi connectivity index (χ0) is 15.5. The minimum atomic E-state index is -4.47. The van der Waals surface area contributed by atoms with Crippen LogP contribution in [0.25, 0.3) is 0 Å². The van der Waals surface area contributed by atoms with Gasteiger partial charge in [0.15, 0.2) is 0 Å². The lowest BCUT2D eigenvalue weighted by molar-refractivity contribution is -0.386. The fraction of sp³-hybridized carbons (Fsp3) is 0.556. The molecule has 1 aromatic rings. The largest absolute Gasteiger partial charge is 0.480 e. The number of carbonyl (C=O) groups is 1. The lowest BCUT2D eigenvalue weighted by atomic mass is 10.3. The molecule has 1 rings (SSSR count). The predicted molar refractivity (Wildman–Crippen MR) is 57.4 cm³/mol. The highest BCUT2D eigenvalue weighted by atomic mass is 19.4. The highest BCUT2D eigenvalue weighted by Crippen LogP contribution is 2.27. The van der Waals surface area contributed by atoms with Crippen LogP contribution in [0.3, 0.4) is 0 Å². The monoisotopic (exact) mass is 297 g/mol. The second kappa shape index (κ2) is 5.75. The maximum absolute atomic E-state index is 11.9. The fourth-order valence-electron chi connectivity index (χ4n) is 1.17. The average molecular weight is 297 g/mol. The van der Waals surface area contributed by atoms with Crippen LogP contribution in [0.15, 0.2) is 6.20 Å². The van der Waals surface area contributed by atoms with Crippen molar-refractivity contribution in [1.82, 2.24) is 9.78 Å². The second-order valence-electron chi connectivity index (χ2n) is 3.78. The Kier molecular flexibility index (Phi) is 4.53. The van der Waals surface area contributed by atoms with Crippen LogP contribution in [-0.2, 0) is 4.79 Å². The summed E-state index contributed by atoms with van der Waals surface area (Å²) in [5.41, 5.74) is -0.694. The molecule has 0 aliphatic heterocycles. The van der Waals surface area contributed by atoms with Crippen LogP contribution in [0.1, 0.15) is 19.4 Å². The molecule has 1 N–H and O–H groups in total. The van der Waals surface area contributed by atoms with Crippen molar-refractivity contribution in [2.75, 3.05) is 6.61 Å². The molecule has 1 heterocycles. The van der Waals surface area contributed by atoms with Crippen molar-refractivity contribution in [3.05, 3.63) is 16.3 Å². The molecular formula is C9H10F3N3O5. The quantitative estimate of drug-likeness (QED) is 0.633. The third-order valence-electron chi connectivity index (χ3n) is 2.26. The number of alkyl halides is 3. The number of carboxylic acid groups (broad SMARTS) is 1. The number of aromatic nitrogens is 2. The molecule has 1 atom stereocenters. The Morgan fingerprint density at radius 2 is 2.25 bits per heavy atom. The number of nitrogens with zero attached hydrogens (tertiary/aromatic N) is 3. The van der Waals surface area contributed by atoms with E-state index in [9.17, 15) is 28.1 Å². The van der Waals surface area contributed by atoms with E-state index >= 15 is 0 Å². The molecule has 11 heteroatoms. The molecule has 0 aromatic carbocycles. The average Bonchev–Trinajstić information content (AvgIpc) is 2.70. The Morgan fingerprint density at radius 1 is 1.65 bits per heavy atom. The van der Waals surface area contributed by atoms with Gasteiger partial charge in [-0.3, -0.25) is 10.1 Å². The number of rotatable bonds is 6. The summed E-state index contributed by atoms with van der Waals surface area (Å²) in [5.74, 6) is -1.95. The van der Waals surface area contributed by atoms with E-state index in [0.717, 1.165) is 10.9 Å². The standard InChI is InChI=1S/C9H10F3N3O5/c1-5(8(16)17)14-4-6(15(18)19)7(13-14)20-3-2-9(10,11)12/h4-5H,2-3H2,1H3,(H,16,17)/t5-/m0/s1. The van der Waals surface area contributed by atoms with Gasteiger partial charge in [-0.1, -0.05) is 0 Å². The summed E-state index contributed by atoms with van der Waals surface area (Å²) in [6.07, 6.45) is -4.97. The summed E-state index contributed by atoms with van der Waals surface area (Å²) in [5, 5.41) is 22.9. The molecular weight excluding hydrogens is 287 g/mol. The van der Waals surface area contributed by atoms with E-state index in [4.69, 9.17) is 5.11 Å². The normalized spacial score (nSPS) is 13.0. The van der Waals surface area contributed by atoms with Crippen LogP contribution < -0.4 is 4.74 Å². The maximum atomic E-state index is 11.9. The minimum Gasteiger partial charge on any atom is -0.480 e. The number of aliphatic carboxylic acids is 1. The third-order valence-corrected chi connectivity index (χ3v) is 2.26. The van der Waals surface area contributed by atoms with Crippen molar-refractivity contribution in [3.63, 3.8) is 0 Å². The second-order valence-corrected chi connectivity index (χ2v) is 3.78. The van der Waals surface area contributed by atoms with Crippen LogP contribution in [0, 0.1) is 10.1 Å². The number of hydrogen-bond acceptors (Lipinski definition) is 5. The summed E-state index contributed by atoms with van der Waals surface area (Å²) >= 11 is 0. The molecule has 0 spiro atoms. The van der Waals surface area contributed by atoms with Gasteiger partial charge in [0.05, 0.1) is 18.0 Å². The molecule has 20 heavy (non-hydrogen) atoms.